The van der Waals surface area contributed by atoms with Crippen molar-refractivity contribution in [2.45, 2.75) is 0 Å². The topological polar surface area (TPSA) is 20.2 Å². The molecule has 0 bridgehead atoms. The van der Waals surface area contributed by atoms with Crippen LogP contribution in [0.15, 0.2) is 0 Å². The molecular weight excluding hydrogens is 187 g/mol. The van der Waals surface area contributed by atoms with Gasteiger partial charge in [-0.3, -0.25) is 4.66 Å². The quantitative estimate of drug-likeness (QED) is 0.541. The van der Waals surface area contributed by atoms with Crippen LogP contribution < -0.4 is 0 Å². The minimum atomic E-state index is -0.639. The van der Waals surface area contributed by atoms with Gasteiger partial charge in [0.05, 0.1) is 11.9 Å². The van der Waals surface area contributed by atoms with E-state index in [4.69, 9.17) is 22.8 Å². The largest absolute Gasteiger partial charge is 0.618 e. The Labute approximate surface area is 88.8 Å². The summed E-state index contributed by atoms with van der Waals surface area (Å²) < 4.78 is 6.47. The Kier molecular flexibility index (Phi) is 66.0. The average Bonchev–Trinajstić information content (AvgIpc) is 1.46. The molecule has 0 aliphatic heterocycles. The summed E-state index contributed by atoms with van der Waals surface area (Å²) in [5, 5.41) is 0. The van der Waals surface area contributed by atoms with E-state index in [0.29, 0.717) is 0 Å². The zero-order chi connectivity index (χ0) is 4.71. The third-order valence-corrected chi connectivity index (χ3v) is 0. The fourth-order valence-corrected chi connectivity index (χ4v) is 0. The molecular formula is H3CaCl3MgO. The van der Waals surface area contributed by atoms with Gasteiger partial charge in [-0.15, -0.1) is 0 Å². The second-order valence-electron chi connectivity index (χ2n) is 0.101. The van der Waals surface area contributed by atoms with E-state index >= 15 is 0 Å². The summed E-state index contributed by atoms with van der Waals surface area (Å²) in [4.78, 5) is 0. The van der Waals surface area contributed by atoms with Gasteiger partial charge in [0.25, 0.3) is 0 Å². The molecule has 0 saturated heterocycles. The van der Waals surface area contributed by atoms with Crippen molar-refractivity contribution >= 4 is 85.9 Å². The summed E-state index contributed by atoms with van der Waals surface area (Å²) in [5.74, 6) is 0. The molecule has 0 fully saturated rings. The van der Waals surface area contributed by atoms with Crippen LogP contribution in [0.1, 0.15) is 0 Å². The molecule has 0 aromatic carbocycles. The predicted octanol–water partition coefficient (Wildman–Crippen LogP) is 0.214. The van der Waals surface area contributed by atoms with E-state index < -0.39 is 18.2 Å². The maximum Gasteiger partial charge on any atom is 0.618 e. The summed E-state index contributed by atoms with van der Waals surface area (Å²) in [5.41, 5.74) is 0. The van der Waals surface area contributed by atoms with Crippen molar-refractivity contribution in [2.75, 3.05) is 0 Å². The van der Waals surface area contributed by atoms with Crippen LogP contribution in [0.25, 0.3) is 0 Å². The monoisotopic (exact) mass is 188 g/mol. The molecule has 34 valence electrons. The predicted molar refractivity (Wildman–Crippen MR) is 34.1 cm³/mol. The molecule has 1 nitrogen and oxygen atoms in total. The zero-order valence-corrected chi connectivity index (χ0v) is 5.97. The van der Waals surface area contributed by atoms with Crippen molar-refractivity contribution < 1.29 is 4.66 Å². The maximum atomic E-state index is 6.47. The summed E-state index contributed by atoms with van der Waals surface area (Å²) in [6.45, 7) is 0. The van der Waals surface area contributed by atoms with E-state index in [2.05, 4.69) is 11.9 Å². The minimum Gasteiger partial charge on any atom is -0.309 e. The van der Waals surface area contributed by atoms with Crippen LogP contribution in [0.4, 0.5) is 0 Å². The molecule has 0 aliphatic rings. The van der Waals surface area contributed by atoms with Crippen LogP contribution in [0.2, 0.25) is 0 Å². The number of rotatable bonds is 0. The molecule has 0 saturated carbocycles. The van der Waals surface area contributed by atoms with Crippen molar-refractivity contribution in [1.29, 1.82) is 0 Å². The van der Waals surface area contributed by atoms with Crippen LogP contribution in [-0.4, -0.2) is 60.6 Å². The van der Waals surface area contributed by atoms with E-state index in [1.54, 1.807) is 0 Å². The zero-order valence-electron chi connectivity index (χ0n) is 2.29. The van der Waals surface area contributed by atoms with Crippen LogP contribution in [-0.2, 0) is 0 Å². The molecule has 0 spiro atoms. The normalized spacial score (nSPS) is 2.67. The molecule has 0 radical (unpaired) electrons. The van der Waals surface area contributed by atoms with Crippen LogP contribution in [0.5, 0.6) is 0 Å². The first-order valence-corrected chi connectivity index (χ1v) is 5.32. The Morgan fingerprint density at radius 1 is 1.17 bits per heavy atom. The van der Waals surface area contributed by atoms with E-state index in [9.17, 15) is 0 Å². The third-order valence-electron chi connectivity index (χ3n) is 0. The van der Waals surface area contributed by atoms with Crippen molar-refractivity contribution in [3.63, 3.8) is 0 Å². The van der Waals surface area contributed by atoms with Gasteiger partial charge in [-0.2, -0.15) is 0 Å². The van der Waals surface area contributed by atoms with Gasteiger partial charge in [0.2, 0.25) is 0 Å². The molecule has 1 N–H and O–H groups in total. The molecule has 6 heavy (non-hydrogen) atoms. The Morgan fingerprint density at radius 2 is 1.17 bits per heavy atom. The Hall–Kier alpha value is 2.86. The van der Waals surface area contributed by atoms with E-state index in [1.165, 1.54) is 0 Å². The second kappa shape index (κ2) is 24.8. The summed E-state index contributed by atoms with van der Waals surface area (Å²) >= 11 is 3.00. The van der Waals surface area contributed by atoms with Crippen molar-refractivity contribution in [2.24, 2.45) is 0 Å². The van der Waals surface area contributed by atoms with Crippen LogP contribution in [0, 0.1) is 0 Å². The maximum absolute atomic E-state index is 6.47. The summed E-state index contributed by atoms with van der Waals surface area (Å²) in [6.07, 6.45) is 0. The molecule has 0 amide bonds. The van der Waals surface area contributed by atoms with Gasteiger partial charge in [-0.1, -0.05) is 0 Å². The fourth-order valence-electron chi connectivity index (χ4n) is 0. The Balaban J connectivity index is -0.0000000275. The third kappa shape index (κ3) is 28.8. The molecule has 0 aromatic heterocycles. The summed E-state index contributed by atoms with van der Waals surface area (Å²) in [6, 6.07) is 0. The molecule has 0 unspecified atom stereocenters. The van der Waals surface area contributed by atoms with Crippen molar-refractivity contribution in [3.05, 3.63) is 0 Å². The summed E-state index contributed by atoms with van der Waals surface area (Å²) in [7, 11) is 9.81. The first-order chi connectivity index (χ1) is 2.41. The van der Waals surface area contributed by atoms with Gasteiger partial charge < -0.3 is 18.1 Å². The first-order valence-electron chi connectivity index (χ1n) is 0.704. The van der Waals surface area contributed by atoms with E-state index in [-0.39, 0.29) is 37.7 Å². The smallest absolute Gasteiger partial charge is 0.309 e. The molecule has 0 heterocycles. The van der Waals surface area contributed by atoms with Crippen LogP contribution >= 0.6 is 30.0 Å². The van der Waals surface area contributed by atoms with E-state index in [0.717, 1.165) is 0 Å². The van der Waals surface area contributed by atoms with Crippen LogP contribution in [0.3, 0.4) is 0 Å². The van der Waals surface area contributed by atoms with E-state index in [1.807, 2.05) is 0 Å². The Morgan fingerprint density at radius 3 is 1.17 bits per heavy atom. The number of hydrogen-bond donors (Lipinski definition) is 1. The molecule has 0 aliphatic carbocycles. The van der Waals surface area contributed by atoms with Gasteiger partial charge in [0.1, 0.15) is 0 Å². The number of halogens is 3. The molecule has 6 heteroatoms. The molecule has 0 aromatic rings. The number of hydrogen-bond acceptors (Lipinski definition) is 1. The van der Waals surface area contributed by atoms with Crippen molar-refractivity contribution in [1.82, 2.24) is 0 Å². The minimum absolute atomic E-state index is 0. The van der Waals surface area contributed by atoms with Gasteiger partial charge >= 0.3 is 55.9 Å². The standard InChI is InChI=1S/Ca.ClHO.2ClH.Mg.2H/c;1-2;;;;;/h;2H;2*1H;;;/q;;;;+2;;/p-2. The van der Waals surface area contributed by atoms with Gasteiger partial charge in [-0.05, 0) is 0 Å². The van der Waals surface area contributed by atoms with Gasteiger partial charge in [0.15, 0.2) is 0 Å². The fraction of sp³-hybridized carbons (Fsp3) is 0. The van der Waals surface area contributed by atoms with Gasteiger partial charge in [-0.25, -0.2) is 0 Å². The van der Waals surface area contributed by atoms with Gasteiger partial charge in [0, 0.05) is 0 Å². The SMILES string of the molecule is OCl.[CaH2].[Cl][Mg][Cl]. The Bertz CT molecular complexity index is 10.8. The first kappa shape index (κ1) is 15.9. The second-order valence-corrected chi connectivity index (χ2v) is 2.73. The van der Waals surface area contributed by atoms with Crippen molar-refractivity contribution in [3.8, 4) is 0 Å². The molecule has 0 atom stereocenters. The average molecular weight is 190 g/mol. The molecule has 0 rings (SSSR count).